The Bertz CT molecular complexity index is 726. The van der Waals surface area contributed by atoms with Gasteiger partial charge < -0.3 is 0 Å². The number of hydrogen-bond donors (Lipinski definition) is 1. The van der Waals surface area contributed by atoms with Crippen LogP contribution in [-0.4, -0.2) is 11.6 Å². The Morgan fingerprint density at radius 3 is 2.59 bits per heavy atom. The Kier molecular flexibility index (Phi) is 5.58. The smallest absolute Gasteiger partial charge is 0.267 e. The van der Waals surface area contributed by atoms with Gasteiger partial charge in [-0.2, -0.15) is 5.10 Å². The van der Waals surface area contributed by atoms with Gasteiger partial charge in [0, 0.05) is 16.1 Å². The average Bonchev–Trinajstić information content (AvgIpc) is 2.49. The third kappa shape index (κ3) is 4.09. The zero-order valence-corrected chi connectivity index (χ0v) is 13.9. The third-order valence-corrected chi connectivity index (χ3v) is 3.70. The minimum atomic E-state index is -0.250. The standard InChI is InChI=1S/C17H16Cl2N2O/c1-3-16(14-8-7-13(18)10-15(14)19)20-21-17(22)12-6-4-5-11(2)9-12/h4-10H,3H2,1-2H3,(H,21,22). The van der Waals surface area contributed by atoms with E-state index in [0.717, 1.165) is 11.1 Å². The first-order valence-electron chi connectivity index (χ1n) is 6.90. The lowest BCUT2D eigenvalue weighted by Crippen LogP contribution is -2.20. The van der Waals surface area contributed by atoms with E-state index < -0.39 is 0 Å². The molecule has 3 nitrogen and oxygen atoms in total. The minimum absolute atomic E-state index is 0.250. The summed E-state index contributed by atoms with van der Waals surface area (Å²) in [7, 11) is 0. The van der Waals surface area contributed by atoms with Gasteiger partial charge in [-0.3, -0.25) is 4.79 Å². The highest BCUT2D eigenvalue weighted by Gasteiger charge is 2.09. The van der Waals surface area contributed by atoms with Crippen LogP contribution in [0.15, 0.2) is 47.6 Å². The molecule has 0 heterocycles. The second-order valence-electron chi connectivity index (χ2n) is 4.85. The van der Waals surface area contributed by atoms with Gasteiger partial charge >= 0.3 is 0 Å². The van der Waals surface area contributed by atoms with Crippen molar-refractivity contribution in [1.82, 2.24) is 5.43 Å². The van der Waals surface area contributed by atoms with E-state index in [2.05, 4.69) is 10.5 Å². The highest BCUT2D eigenvalue weighted by atomic mass is 35.5. The predicted molar refractivity (Wildman–Crippen MR) is 91.9 cm³/mol. The van der Waals surface area contributed by atoms with E-state index in [9.17, 15) is 4.79 Å². The van der Waals surface area contributed by atoms with Gasteiger partial charge in [0.1, 0.15) is 0 Å². The molecule has 0 aliphatic carbocycles. The summed E-state index contributed by atoms with van der Waals surface area (Å²) < 4.78 is 0. The second kappa shape index (κ2) is 7.43. The summed E-state index contributed by atoms with van der Waals surface area (Å²) in [5.74, 6) is -0.250. The van der Waals surface area contributed by atoms with Crippen molar-refractivity contribution in [1.29, 1.82) is 0 Å². The molecule has 0 saturated carbocycles. The number of benzene rings is 2. The summed E-state index contributed by atoms with van der Waals surface area (Å²) in [6, 6.07) is 12.5. The molecule has 114 valence electrons. The van der Waals surface area contributed by atoms with Gasteiger partial charge in [0.25, 0.3) is 5.91 Å². The molecular formula is C17H16Cl2N2O. The van der Waals surface area contributed by atoms with Gasteiger partial charge in [0.15, 0.2) is 0 Å². The third-order valence-electron chi connectivity index (χ3n) is 3.15. The van der Waals surface area contributed by atoms with Gasteiger partial charge in [-0.25, -0.2) is 5.43 Å². The van der Waals surface area contributed by atoms with Crippen LogP contribution in [0.5, 0.6) is 0 Å². The molecule has 0 unspecified atom stereocenters. The Hall–Kier alpha value is -1.84. The highest BCUT2D eigenvalue weighted by Crippen LogP contribution is 2.22. The van der Waals surface area contributed by atoms with Crippen molar-refractivity contribution in [2.75, 3.05) is 0 Å². The lowest BCUT2D eigenvalue weighted by Gasteiger charge is -2.08. The first-order valence-corrected chi connectivity index (χ1v) is 7.66. The van der Waals surface area contributed by atoms with E-state index >= 15 is 0 Å². The normalized spacial score (nSPS) is 11.4. The summed E-state index contributed by atoms with van der Waals surface area (Å²) in [5.41, 5.74) is 5.63. The topological polar surface area (TPSA) is 41.5 Å². The fraction of sp³-hybridized carbons (Fsp3) is 0.176. The molecule has 5 heteroatoms. The Morgan fingerprint density at radius 2 is 1.95 bits per heavy atom. The molecule has 0 saturated heterocycles. The van der Waals surface area contributed by atoms with Gasteiger partial charge in [0.05, 0.1) is 10.7 Å². The zero-order valence-electron chi connectivity index (χ0n) is 12.4. The molecule has 0 spiro atoms. The minimum Gasteiger partial charge on any atom is -0.267 e. The largest absolute Gasteiger partial charge is 0.271 e. The van der Waals surface area contributed by atoms with Crippen LogP contribution in [0.4, 0.5) is 0 Å². The summed E-state index contributed by atoms with van der Waals surface area (Å²) in [4.78, 5) is 12.1. The number of halogens is 2. The number of rotatable bonds is 4. The van der Waals surface area contributed by atoms with E-state index in [0.29, 0.717) is 27.7 Å². The van der Waals surface area contributed by atoms with Gasteiger partial charge in [0.2, 0.25) is 0 Å². The number of nitrogens with one attached hydrogen (secondary N) is 1. The molecule has 1 amide bonds. The Balaban J connectivity index is 2.21. The number of hydrogen-bond acceptors (Lipinski definition) is 2. The fourth-order valence-electron chi connectivity index (χ4n) is 2.02. The lowest BCUT2D eigenvalue weighted by molar-refractivity contribution is 0.0954. The number of hydrazone groups is 1. The fourth-order valence-corrected chi connectivity index (χ4v) is 2.54. The molecule has 0 bridgehead atoms. The van der Waals surface area contributed by atoms with Crippen LogP contribution in [0.25, 0.3) is 0 Å². The summed E-state index contributed by atoms with van der Waals surface area (Å²) >= 11 is 12.1. The van der Waals surface area contributed by atoms with Crippen molar-refractivity contribution in [2.24, 2.45) is 5.10 Å². The van der Waals surface area contributed by atoms with Crippen molar-refractivity contribution >= 4 is 34.8 Å². The molecule has 0 aliphatic heterocycles. The Morgan fingerprint density at radius 1 is 1.18 bits per heavy atom. The SMILES string of the molecule is CCC(=NNC(=O)c1cccc(C)c1)c1ccc(Cl)cc1Cl. The van der Waals surface area contributed by atoms with E-state index in [-0.39, 0.29) is 5.91 Å². The molecule has 22 heavy (non-hydrogen) atoms. The summed E-state index contributed by atoms with van der Waals surface area (Å²) in [5, 5.41) is 5.27. The average molecular weight is 335 g/mol. The van der Waals surface area contributed by atoms with E-state index in [1.807, 2.05) is 32.0 Å². The monoisotopic (exact) mass is 334 g/mol. The molecule has 0 radical (unpaired) electrons. The molecule has 2 rings (SSSR count). The predicted octanol–water partition coefficient (Wildman–Crippen LogP) is 4.85. The van der Waals surface area contributed by atoms with Gasteiger partial charge in [-0.1, -0.05) is 53.9 Å². The van der Waals surface area contributed by atoms with Gasteiger partial charge in [-0.05, 0) is 37.6 Å². The zero-order chi connectivity index (χ0) is 16.1. The maximum atomic E-state index is 12.1. The van der Waals surface area contributed by atoms with Crippen molar-refractivity contribution in [3.05, 3.63) is 69.2 Å². The van der Waals surface area contributed by atoms with Crippen LogP contribution >= 0.6 is 23.2 Å². The van der Waals surface area contributed by atoms with Crippen molar-refractivity contribution in [3.63, 3.8) is 0 Å². The molecule has 0 atom stereocenters. The number of amides is 1. The van der Waals surface area contributed by atoms with Crippen LogP contribution in [0.2, 0.25) is 10.0 Å². The summed E-state index contributed by atoms with van der Waals surface area (Å²) in [6.07, 6.45) is 0.634. The number of nitrogens with zero attached hydrogens (tertiary/aromatic N) is 1. The first-order chi connectivity index (χ1) is 10.5. The quantitative estimate of drug-likeness (QED) is 0.630. The number of aryl methyl sites for hydroxylation is 1. The van der Waals surface area contributed by atoms with E-state index in [1.165, 1.54) is 0 Å². The number of carbonyl (C=O) groups excluding carboxylic acids is 1. The van der Waals surface area contributed by atoms with Crippen molar-refractivity contribution < 1.29 is 4.79 Å². The van der Waals surface area contributed by atoms with Crippen LogP contribution in [0.1, 0.15) is 34.8 Å². The van der Waals surface area contributed by atoms with Crippen molar-refractivity contribution in [3.8, 4) is 0 Å². The lowest BCUT2D eigenvalue weighted by atomic mass is 10.1. The molecule has 1 N–H and O–H groups in total. The number of carbonyl (C=O) groups is 1. The van der Waals surface area contributed by atoms with Crippen LogP contribution < -0.4 is 5.43 Å². The first kappa shape index (κ1) is 16.5. The maximum absolute atomic E-state index is 12.1. The van der Waals surface area contributed by atoms with E-state index in [4.69, 9.17) is 23.2 Å². The molecule has 2 aromatic rings. The Labute approximate surface area is 139 Å². The molecule has 0 aliphatic rings. The van der Waals surface area contributed by atoms with Gasteiger partial charge in [-0.15, -0.1) is 0 Å². The van der Waals surface area contributed by atoms with E-state index in [1.54, 1.807) is 24.3 Å². The molecule has 2 aromatic carbocycles. The van der Waals surface area contributed by atoms with Crippen LogP contribution in [0, 0.1) is 6.92 Å². The second-order valence-corrected chi connectivity index (χ2v) is 5.69. The molecular weight excluding hydrogens is 319 g/mol. The van der Waals surface area contributed by atoms with Crippen LogP contribution in [0.3, 0.4) is 0 Å². The molecule has 0 fully saturated rings. The van der Waals surface area contributed by atoms with Crippen molar-refractivity contribution in [2.45, 2.75) is 20.3 Å². The molecule has 0 aromatic heterocycles. The van der Waals surface area contributed by atoms with Crippen LogP contribution in [-0.2, 0) is 0 Å². The highest BCUT2D eigenvalue weighted by molar-refractivity contribution is 6.37. The maximum Gasteiger partial charge on any atom is 0.271 e. The summed E-state index contributed by atoms with van der Waals surface area (Å²) in [6.45, 7) is 3.88.